The Labute approximate surface area is 117 Å². The van der Waals surface area contributed by atoms with E-state index in [1.807, 2.05) is 37.3 Å². The van der Waals surface area contributed by atoms with E-state index in [4.69, 9.17) is 5.26 Å². The molecule has 2 aromatic carbocycles. The van der Waals surface area contributed by atoms with Crippen molar-refractivity contribution in [1.29, 1.82) is 5.26 Å². The predicted molar refractivity (Wildman–Crippen MR) is 75.9 cm³/mol. The molecule has 0 bridgehead atoms. The van der Waals surface area contributed by atoms with E-state index in [0.717, 1.165) is 17.5 Å². The molecule has 0 aliphatic carbocycles. The van der Waals surface area contributed by atoms with E-state index in [1.165, 1.54) is 13.0 Å². The normalized spacial score (nSPS) is 10.1. The van der Waals surface area contributed by atoms with Gasteiger partial charge >= 0.3 is 0 Å². The number of nitrogens with zero attached hydrogens (tertiary/aromatic N) is 1. The number of rotatable bonds is 3. The van der Waals surface area contributed by atoms with Gasteiger partial charge in [-0.25, -0.2) is 4.39 Å². The van der Waals surface area contributed by atoms with Crippen molar-refractivity contribution in [2.24, 2.45) is 0 Å². The van der Waals surface area contributed by atoms with E-state index in [0.29, 0.717) is 5.56 Å². The van der Waals surface area contributed by atoms with E-state index in [9.17, 15) is 9.18 Å². The maximum atomic E-state index is 14.0. The second kappa shape index (κ2) is 5.66. The molecule has 0 aromatic heterocycles. The van der Waals surface area contributed by atoms with Gasteiger partial charge in [-0.1, -0.05) is 31.2 Å². The van der Waals surface area contributed by atoms with Gasteiger partial charge in [0.15, 0.2) is 5.78 Å². The molecule has 0 saturated heterocycles. The van der Waals surface area contributed by atoms with Crippen molar-refractivity contribution in [3.63, 3.8) is 0 Å². The molecule has 0 radical (unpaired) electrons. The van der Waals surface area contributed by atoms with Gasteiger partial charge in [0.2, 0.25) is 0 Å². The van der Waals surface area contributed by atoms with Crippen LogP contribution in [0.15, 0.2) is 36.4 Å². The Morgan fingerprint density at radius 1 is 1.25 bits per heavy atom. The first-order valence-corrected chi connectivity index (χ1v) is 6.40. The summed E-state index contributed by atoms with van der Waals surface area (Å²) in [6.45, 7) is 3.30. The Hall–Kier alpha value is -2.47. The maximum Gasteiger partial charge on any atom is 0.164 e. The maximum absolute atomic E-state index is 14.0. The number of nitriles is 1. The SMILES string of the molecule is CCc1cccc(-c2cc(F)c(C(C)=O)c(C#N)c2)c1. The number of benzene rings is 2. The zero-order valence-corrected chi connectivity index (χ0v) is 11.4. The second-order valence-corrected chi connectivity index (χ2v) is 4.60. The van der Waals surface area contributed by atoms with Gasteiger partial charge in [-0.15, -0.1) is 0 Å². The van der Waals surface area contributed by atoms with E-state index < -0.39 is 11.6 Å². The zero-order valence-electron chi connectivity index (χ0n) is 11.4. The van der Waals surface area contributed by atoms with Crippen LogP contribution >= 0.6 is 0 Å². The Balaban J connectivity index is 2.62. The number of carbonyl (C=O) groups excluding carboxylic acids is 1. The van der Waals surface area contributed by atoms with Gasteiger partial charge in [0.05, 0.1) is 11.1 Å². The number of Topliss-reactive ketones (excluding diaryl/α,β-unsaturated/α-hetero) is 1. The highest BCUT2D eigenvalue weighted by Gasteiger charge is 2.15. The molecule has 20 heavy (non-hydrogen) atoms. The summed E-state index contributed by atoms with van der Waals surface area (Å²) >= 11 is 0. The van der Waals surface area contributed by atoms with Crippen LogP contribution in [-0.2, 0) is 6.42 Å². The summed E-state index contributed by atoms with van der Waals surface area (Å²) in [5.41, 5.74) is 2.53. The monoisotopic (exact) mass is 267 g/mol. The smallest absolute Gasteiger partial charge is 0.164 e. The lowest BCUT2D eigenvalue weighted by atomic mass is 9.96. The first kappa shape index (κ1) is 14.0. The van der Waals surface area contributed by atoms with Crippen molar-refractivity contribution in [1.82, 2.24) is 0 Å². The van der Waals surface area contributed by atoms with E-state index in [2.05, 4.69) is 0 Å². The molecule has 100 valence electrons. The quantitative estimate of drug-likeness (QED) is 0.784. The lowest BCUT2D eigenvalue weighted by molar-refractivity contribution is 0.101. The van der Waals surface area contributed by atoms with Crippen LogP contribution in [0.5, 0.6) is 0 Å². The third kappa shape index (κ3) is 2.60. The largest absolute Gasteiger partial charge is 0.294 e. The zero-order chi connectivity index (χ0) is 14.7. The Morgan fingerprint density at radius 2 is 2.00 bits per heavy atom. The number of halogens is 1. The summed E-state index contributed by atoms with van der Waals surface area (Å²) in [7, 11) is 0. The standard InChI is InChI=1S/C17H14FNO/c1-3-12-5-4-6-13(7-12)14-8-15(10-19)17(11(2)20)16(18)9-14/h4-9H,3H2,1-2H3. The number of hydrogen-bond acceptors (Lipinski definition) is 2. The fourth-order valence-electron chi connectivity index (χ4n) is 2.19. The van der Waals surface area contributed by atoms with Crippen molar-refractivity contribution >= 4 is 5.78 Å². The Bertz CT molecular complexity index is 713. The number of aryl methyl sites for hydroxylation is 1. The molecule has 0 N–H and O–H groups in total. The summed E-state index contributed by atoms with van der Waals surface area (Å²) in [6.07, 6.45) is 0.882. The molecule has 0 saturated carbocycles. The van der Waals surface area contributed by atoms with Gasteiger partial charge in [-0.05, 0) is 42.2 Å². The van der Waals surface area contributed by atoms with Crippen LogP contribution in [0.3, 0.4) is 0 Å². The van der Waals surface area contributed by atoms with Crippen molar-refractivity contribution in [2.45, 2.75) is 20.3 Å². The third-order valence-corrected chi connectivity index (χ3v) is 3.23. The summed E-state index contributed by atoms with van der Waals surface area (Å²) in [4.78, 5) is 11.4. The molecule has 0 amide bonds. The summed E-state index contributed by atoms with van der Waals surface area (Å²) in [5.74, 6) is -1.08. The van der Waals surface area contributed by atoms with Gasteiger partial charge in [0, 0.05) is 0 Å². The molecule has 0 atom stereocenters. The van der Waals surface area contributed by atoms with Crippen LogP contribution in [0, 0.1) is 17.1 Å². The molecule has 2 aromatic rings. The minimum atomic E-state index is -0.645. The van der Waals surface area contributed by atoms with Gasteiger partial charge in [0.1, 0.15) is 11.9 Å². The average molecular weight is 267 g/mol. The minimum Gasteiger partial charge on any atom is -0.294 e. The molecule has 0 aliphatic rings. The number of carbonyl (C=O) groups is 1. The predicted octanol–water partition coefficient (Wildman–Crippen LogP) is 4.13. The van der Waals surface area contributed by atoms with Gasteiger partial charge < -0.3 is 0 Å². The first-order valence-electron chi connectivity index (χ1n) is 6.40. The van der Waals surface area contributed by atoms with E-state index in [1.54, 1.807) is 6.07 Å². The molecule has 0 aliphatic heterocycles. The molecule has 0 fully saturated rings. The molecular formula is C17H14FNO. The van der Waals surface area contributed by atoms with Crippen LogP contribution in [0.2, 0.25) is 0 Å². The van der Waals surface area contributed by atoms with Crippen molar-refractivity contribution in [3.8, 4) is 17.2 Å². The molecule has 3 heteroatoms. The molecular weight excluding hydrogens is 253 g/mol. The van der Waals surface area contributed by atoms with Crippen molar-refractivity contribution < 1.29 is 9.18 Å². The topological polar surface area (TPSA) is 40.9 Å². The highest BCUT2D eigenvalue weighted by molar-refractivity contribution is 5.97. The van der Waals surface area contributed by atoms with Gasteiger partial charge in [-0.2, -0.15) is 5.26 Å². The Kier molecular flexibility index (Phi) is 3.95. The molecule has 0 unspecified atom stereocenters. The van der Waals surface area contributed by atoms with E-state index in [-0.39, 0.29) is 11.1 Å². The fraction of sp³-hybridized carbons (Fsp3) is 0.176. The molecule has 0 spiro atoms. The van der Waals surface area contributed by atoms with E-state index >= 15 is 0 Å². The van der Waals surface area contributed by atoms with Gasteiger partial charge in [-0.3, -0.25) is 4.79 Å². The summed E-state index contributed by atoms with van der Waals surface area (Å²) in [5, 5.41) is 9.09. The summed E-state index contributed by atoms with van der Waals surface area (Å²) in [6, 6.07) is 12.5. The second-order valence-electron chi connectivity index (χ2n) is 4.60. The number of hydrogen-bond donors (Lipinski definition) is 0. The highest BCUT2D eigenvalue weighted by atomic mass is 19.1. The number of ketones is 1. The van der Waals surface area contributed by atoms with Gasteiger partial charge in [0.25, 0.3) is 0 Å². The molecule has 2 rings (SSSR count). The van der Waals surface area contributed by atoms with Crippen LogP contribution in [0.1, 0.15) is 35.3 Å². The van der Waals surface area contributed by atoms with Crippen molar-refractivity contribution in [3.05, 3.63) is 58.9 Å². The highest BCUT2D eigenvalue weighted by Crippen LogP contribution is 2.26. The summed E-state index contributed by atoms with van der Waals surface area (Å²) < 4.78 is 14.0. The van der Waals surface area contributed by atoms with Crippen molar-refractivity contribution in [2.75, 3.05) is 0 Å². The van der Waals surface area contributed by atoms with Crippen LogP contribution in [0.25, 0.3) is 11.1 Å². The first-order chi connectivity index (χ1) is 9.56. The van der Waals surface area contributed by atoms with Crippen LogP contribution < -0.4 is 0 Å². The van der Waals surface area contributed by atoms with Crippen LogP contribution in [0.4, 0.5) is 4.39 Å². The van der Waals surface area contributed by atoms with Crippen LogP contribution in [-0.4, -0.2) is 5.78 Å². The molecule has 0 heterocycles. The Morgan fingerprint density at radius 3 is 2.60 bits per heavy atom. The molecule has 2 nitrogen and oxygen atoms in total. The average Bonchev–Trinajstić information content (AvgIpc) is 2.45. The minimum absolute atomic E-state index is 0.0781. The lowest BCUT2D eigenvalue weighted by Crippen LogP contribution is -2.02. The third-order valence-electron chi connectivity index (χ3n) is 3.23. The lowest BCUT2D eigenvalue weighted by Gasteiger charge is -2.08. The fourth-order valence-corrected chi connectivity index (χ4v) is 2.19.